The van der Waals surface area contributed by atoms with Crippen molar-refractivity contribution in [2.24, 2.45) is 10.9 Å². The molecule has 2 unspecified atom stereocenters. The maximum absolute atomic E-state index is 4.55. The highest BCUT2D eigenvalue weighted by Crippen LogP contribution is 2.18. The highest BCUT2D eigenvalue weighted by Gasteiger charge is 2.31. The number of pyridine rings is 1. The van der Waals surface area contributed by atoms with E-state index < -0.39 is 0 Å². The van der Waals surface area contributed by atoms with E-state index in [-0.39, 0.29) is 24.0 Å². The minimum Gasteiger partial charge on any atom is -0.352 e. The van der Waals surface area contributed by atoms with Gasteiger partial charge in [0.1, 0.15) is 11.6 Å². The molecule has 7 nitrogen and oxygen atoms in total. The number of hydrogen-bond acceptors (Lipinski definition) is 4. The Bertz CT molecular complexity index is 786. The summed E-state index contributed by atoms with van der Waals surface area (Å²) in [5.74, 6) is 3.24. The number of likely N-dealkylation sites (tertiary alicyclic amines) is 1. The topological polar surface area (TPSA) is 70.4 Å². The van der Waals surface area contributed by atoms with Crippen molar-refractivity contribution in [2.45, 2.75) is 46.3 Å². The van der Waals surface area contributed by atoms with Crippen LogP contribution in [0.5, 0.6) is 0 Å². The van der Waals surface area contributed by atoms with Crippen LogP contribution in [0.2, 0.25) is 0 Å². The quantitative estimate of drug-likeness (QED) is 0.378. The molecule has 0 bridgehead atoms. The predicted octanol–water partition coefficient (Wildman–Crippen LogP) is 2.59. The fourth-order valence-electron chi connectivity index (χ4n) is 3.55. The van der Waals surface area contributed by atoms with E-state index in [0.29, 0.717) is 24.5 Å². The van der Waals surface area contributed by atoms with Gasteiger partial charge in [0.25, 0.3) is 0 Å². The van der Waals surface area contributed by atoms with Gasteiger partial charge in [0.15, 0.2) is 5.96 Å². The van der Waals surface area contributed by atoms with E-state index in [1.165, 1.54) is 0 Å². The third-order valence-electron chi connectivity index (χ3n) is 5.28. The van der Waals surface area contributed by atoms with Gasteiger partial charge in [0, 0.05) is 62.9 Å². The van der Waals surface area contributed by atoms with E-state index in [1.54, 1.807) is 6.20 Å². The molecule has 28 heavy (non-hydrogen) atoms. The fourth-order valence-corrected chi connectivity index (χ4v) is 3.55. The summed E-state index contributed by atoms with van der Waals surface area (Å²) in [5, 5.41) is 7.04. The molecule has 0 radical (unpaired) electrons. The zero-order chi connectivity index (χ0) is 19.4. The van der Waals surface area contributed by atoms with Crippen molar-refractivity contribution in [3.05, 3.63) is 42.1 Å². The highest BCUT2D eigenvalue weighted by atomic mass is 127. The van der Waals surface area contributed by atoms with Crippen molar-refractivity contribution in [1.82, 2.24) is 30.1 Å². The maximum atomic E-state index is 4.55. The molecule has 2 N–H and O–H groups in total. The molecule has 2 atom stereocenters. The van der Waals surface area contributed by atoms with Crippen LogP contribution in [0.3, 0.4) is 0 Å². The Kier molecular flexibility index (Phi) is 8.23. The Morgan fingerprint density at radius 3 is 2.68 bits per heavy atom. The molecule has 1 fully saturated rings. The molecule has 0 amide bonds. The van der Waals surface area contributed by atoms with Crippen LogP contribution in [0.4, 0.5) is 0 Å². The Morgan fingerprint density at radius 2 is 2.07 bits per heavy atom. The van der Waals surface area contributed by atoms with Gasteiger partial charge in [-0.1, -0.05) is 13.0 Å². The van der Waals surface area contributed by atoms with Gasteiger partial charge in [-0.05, 0) is 32.8 Å². The van der Waals surface area contributed by atoms with E-state index >= 15 is 0 Å². The first-order valence-electron chi connectivity index (χ1n) is 9.65. The Morgan fingerprint density at radius 1 is 1.29 bits per heavy atom. The Balaban J connectivity index is 0.00000280. The number of hydrogen-bond donors (Lipinski definition) is 2. The zero-order valence-corrected chi connectivity index (χ0v) is 19.7. The smallest absolute Gasteiger partial charge is 0.191 e. The van der Waals surface area contributed by atoms with E-state index in [9.17, 15) is 0 Å². The second-order valence-corrected chi connectivity index (χ2v) is 7.53. The summed E-state index contributed by atoms with van der Waals surface area (Å²) in [4.78, 5) is 15.8. The lowest BCUT2D eigenvalue weighted by Crippen LogP contribution is -2.46. The molecular weight excluding hydrogens is 465 g/mol. The van der Waals surface area contributed by atoms with E-state index in [4.69, 9.17) is 0 Å². The van der Waals surface area contributed by atoms with Crippen molar-refractivity contribution in [1.29, 1.82) is 0 Å². The summed E-state index contributed by atoms with van der Waals surface area (Å²) in [5.41, 5.74) is 1.10. The number of aromatic nitrogens is 3. The molecule has 2 aromatic rings. The zero-order valence-electron chi connectivity index (χ0n) is 17.4. The first-order valence-corrected chi connectivity index (χ1v) is 9.65. The average Bonchev–Trinajstić information content (AvgIpc) is 3.24. The largest absolute Gasteiger partial charge is 0.352 e. The number of nitrogens with zero attached hydrogens (tertiary/aromatic N) is 5. The summed E-state index contributed by atoms with van der Waals surface area (Å²) in [7, 11) is 1.82. The second-order valence-electron chi connectivity index (χ2n) is 7.53. The molecule has 1 aliphatic rings. The lowest BCUT2D eigenvalue weighted by Gasteiger charge is -2.22. The predicted molar refractivity (Wildman–Crippen MR) is 125 cm³/mol. The third-order valence-corrected chi connectivity index (χ3v) is 5.28. The van der Waals surface area contributed by atoms with Crippen molar-refractivity contribution in [2.75, 3.05) is 20.1 Å². The number of nitrogens with one attached hydrogen (secondary N) is 2. The van der Waals surface area contributed by atoms with Gasteiger partial charge in [-0.25, -0.2) is 9.97 Å². The van der Waals surface area contributed by atoms with Crippen molar-refractivity contribution in [3.63, 3.8) is 0 Å². The second kappa shape index (κ2) is 10.2. The number of rotatable bonds is 5. The van der Waals surface area contributed by atoms with Crippen LogP contribution in [0.15, 0.2) is 35.7 Å². The van der Waals surface area contributed by atoms with Gasteiger partial charge in [-0.15, -0.1) is 24.0 Å². The lowest BCUT2D eigenvalue weighted by atomic mass is 10.1. The monoisotopic (exact) mass is 497 g/mol. The van der Waals surface area contributed by atoms with Gasteiger partial charge in [-0.3, -0.25) is 14.5 Å². The van der Waals surface area contributed by atoms with Crippen LogP contribution in [-0.2, 0) is 6.54 Å². The molecular formula is C20H32IN7. The van der Waals surface area contributed by atoms with Crippen molar-refractivity contribution in [3.8, 4) is 5.82 Å². The molecule has 0 saturated carbocycles. The van der Waals surface area contributed by atoms with Crippen LogP contribution >= 0.6 is 24.0 Å². The van der Waals surface area contributed by atoms with Crippen LogP contribution in [0.25, 0.3) is 5.82 Å². The van der Waals surface area contributed by atoms with Crippen LogP contribution in [0, 0.1) is 12.8 Å². The normalized spacial score (nSPS) is 20.3. The lowest BCUT2D eigenvalue weighted by molar-refractivity contribution is 0.265. The van der Waals surface area contributed by atoms with Crippen molar-refractivity contribution >= 4 is 29.9 Å². The van der Waals surface area contributed by atoms with Gasteiger partial charge in [0.2, 0.25) is 0 Å². The van der Waals surface area contributed by atoms with E-state index in [0.717, 1.165) is 36.3 Å². The molecule has 0 aliphatic carbocycles. The van der Waals surface area contributed by atoms with Gasteiger partial charge in [-0.2, -0.15) is 0 Å². The number of halogens is 1. The highest BCUT2D eigenvalue weighted by molar-refractivity contribution is 14.0. The summed E-state index contributed by atoms with van der Waals surface area (Å²) < 4.78 is 2.01. The Labute approximate surface area is 185 Å². The molecule has 8 heteroatoms. The first kappa shape index (κ1) is 22.6. The summed E-state index contributed by atoms with van der Waals surface area (Å²) in [6.45, 7) is 11.6. The minimum atomic E-state index is 0. The molecule has 0 aromatic carbocycles. The van der Waals surface area contributed by atoms with Crippen LogP contribution in [0.1, 0.15) is 32.2 Å². The molecule has 0 spiro atoms. The number of aliphatic imine (C=N–C) groups is 1. The van der Waals surface area contributed by atoms with E-state index in [1.807, 2.05) is 37.0 Å². The van der Waals surface area contributed by atoms with E-state index in [2.05, 4.69) is 57.3 Å². The van der Waals surface area contributed by atoms with Gasteiger partial charge >= 0.3 is 0 Å². The maximum Gasteiger partial charge on any atom is 0.191 e. The molecule has 3 rings (SSSR count). The fraction of sp³-hybridized carbons (Fsp3) is 0.550. The van der Waals surface area contributed by atoms with Gasteiger partial charge in [0.05, 0.1) is 0 Å². The van der Waals surface area contributed by atoms with Gasteiger partial charge < -0.3 is 10.6 Å². The summed E-state index contributed by atoms with van der Waals surface area (Å²) in [6.07, 6.45) is 5.55. The number of imidazole rings is 1. The third kappa shape index (κ3) is 5.22. The standard InChI is InChI=1S/C20H31N7.HI/c1-14(2)26-12-15(3)18(13-26)25-20(21-5)24-11-17-7-6-8-23-19(17)27-10-9-22-16(27)4;/h6-10,14-15,18H,11-13H2,1-5H3,(H2,21,24,25);1H. The van der Waals surface area contributed by atoms with Crippen LogP contribution in [-0.4, -0.2) is 57.6 Å². The van der Waals surface area contributed by atoms with Crippen molar-refractivity contribution < 1.29 is 0 Å². The first-order chi connectivity index (χ1) is 13.0. The number of aryl methyl sites for hydroxylation is 1. The minimum absolute atomic E-state index is 0. The Hall–Kier alpha value is -1.68. The number of guanidine groups is 1. The SMILES string of the molecule is CN=C(NCc1cccnc1-n1ccnc1C)NC1CN(C(C)C)CC1C.I. The molecule has 154 valence electrons. The average molecular weight is 497 g/mol. The summed E-state index contributed by atoms with van der Waals surface area (Å²) in [6, 6.07) is 5.02. The molecule has 3 heterocycles. The summed E-state index contributed by atoms with van der Waals surface area (Å²) >= 11 is 0. The molecule has 2 aromatic heterocycles. The van der Waals surface area contributed by atoms with Crippen LogP contribution < -0.4 is 10.6 Å². The molecule has 1 saturated heterocycles. The molecule has 1 aliphatic heterocycles.